The van der Waals surface area contributed by atoms with Crippen molar-refractivity contribution in [3.8, 4) is 11.3 Å². The van der Waals surface area contributed by atoms with Gasteiger partial charge in [0, 0.05) is 35.9 Å². The van der Waals surface area contributed by atoms with Gasteiger partial charge in [-0.15, -0.1) is 0 Å². The number of nitrogens with one attached hydrogen (secondary N) is 1. The van der Waals surface area contributed by atoms with E-state index in [1.54, 1.807) is 12.3 Å². The predicted molar refractivity (Wildman–Crippen MR) is 99.5 cm³/mol. The monoisotopic (exact) mass is 344 g/mol. The minimum absolute atomic E-state index is 0.219. The highest BCUT2D eigenvalue weighted by molar-refractivity contribution is 6.01. The van der Waals surface area contributed by atoms with E-state index in [1.165, 1.54) is 6.08 Å². The molecular weight excluding hydrogens is 328 g/mol. The molecule has 1 N–H and O–H groups in total. The maximum atomic E-state index is 12.0. The van der Waals surface area contributed by atoms with Crippen molar-refractivity contribution in [1.29, 1.82) is 0 Å². The number of hydrogen-bond donors (Lipinski definition) is 1. The Morgan fingerprint density at radius 3 is 2.77 bits per heavy atom. The maximum Gasteiger partial charge on any atom is 0.248 e. The van der Waals surface area contributed by atoms with E-state index in [-0.39, 0.29) is 5.91 Å². The number of aromatic nitrogens is 3. The molecule has 1 amide bonds. The van der Waals surface area contributed by atoms with Crippen LogP contribution in [0.4, 0.5) is 5.69 Å². The van der Waals surface area contributed by atoms with Crippen molar-refractivity contribution < 1.29 is 9.21 Å². The number of carbonyl (C=O) groups excluding carboxylic acids is 1. The van der Waals surface area contributed by atoms with Crippen LogP contribution in [0.5, 0.6) is 0 Å². The molecule has 0 bridgehead atoms. The second-order valence-electron chi connectivity index (χ2n) is 5.80. The average Bonchev–Trinajstić information content (AvgIpc) is 3.26. The Morgan fingerprint density at radius 2 is 2.04 bits per heavy atom. The van der Waals surface area contributed by atoms with Gasteiger partial charge in [0.1, 0.15) is 11.5 Å². The van der Waals surface area contributed by atoms with Gasteiger partial charge in [0.2, 0.25) is 11.7 Å². The van der Waals surface area contributed by atoms with Crippen LogP contribution in [0.3, 0.4) is 0 Å². The predicted octanol–water partition coefficient (Wildman–Crippen LogP) is 3.95. The Hall–Kier alpha value is -3.67. The Balaban J connectivity index is 1.45. The van der Waals surface area contributed by atoms with Gasteiger partial charge in [-0.05, 0) is 43.3 Å². The van der Waals surface area contributed by atoms with Crippen molar-refractivity contribution >= 4 is 23.4 Å². The van der Waals surface area contributed by atoms with Crippen LogP contribution in [-0.4, -0.2) is 20.3 Å². The molecule has 128 valence electrons. The van der Waals surface area contributed by atoms with E-state index < -0.39 is 0 Å². The number of amides is 1. The van der Waals surface area contributed by atoms with Crippen molar-refractivity contribution in [3.05, 3.63) is 78.7 Å². The summed E-state index contributed by atoms with van der Waals surface area (Å²) >= 11 is 0. The van der Waals surface area contributed by atoms with Crippen LogP contribution in [-0.2, 0) is 4.79 Å². The molecule has 0 spiro atoms. The molecule has 0 aliphatic heterocycles. The van der Waals surface area contributed by atoms with E-state index >= 15 is 0 Å². The second kappa shape index (κ2) is 6.68. The normalized spacial score (nSPS) is 11.3. The lowest BCUT2D eigenvalue weighted by Gasteiger charge is -2.03. The number of aryl methyl sites for hydroxylation is 1. The first-order valence-electron chi connectivity index (χ1n) is 8.13. The molecule has 4 rings (SSSR count). The van der Waals surface area contributed by atoms with Gasteiger partial charge in [-0.25, -0.2) is 9.97 Å². The molecule has 0 radical (unpaired) electrons. The van der Waals surface area contributed by atoms with E-state index in [0.717, 1.165) is 17.0 Å². The minimum atomic E-state index is -0.219. The number of anilines is 1. The van der Waals surface area contributed by atoms with Gasteiger partial charge in [-0.3, -0.25) is 9.20 Å². The van der Waals surface area contributed by atoms with Crippen LogP contribution in [0.15, 0.2) is 71.5 Å². The Kier molecular flexibility index (Phi) is 4.07. The highest BCUT2D eigenvalue weighted by Crippen LogP contribution is 2.20. The first-order chi connectivity index (χ1) is 12.7. The first-order valence-corrected chi connectivity index (χ1v) is 8.13. The summed E-state index contributed by atoms with van der Waals surface area (Å²) in [6, 6.07) is 13.0. The molecular formula is C20H16N4O2. The van der Waals surface area contributed by atoms with Gasteiger partial charge < -0.3 is 9.73 Å². The molecule has 4 aromatic rings. The first kappa shape index (κ1) is 15.8. The summed E-state index contributed by atoms with van der Waals surface area (Å²) in [4.78, 5) is 20.7. The van der Waals surface area contributed by atoms with Crippen LogP contribution >= 0.6 is 0 Å². The van der Waals surface area contributed by atoms with E-state index in [4.69, 9.17) is 4.42 Å². The third kappa shape index (κ3) is 3.39. The zero-order valence-corrected chi connectivity index (χ0v) is 14.1. The maximum absolute atomic E-state index is 12.0. The number of furan rings is 1. The highest BCUT2D eigenvalue weighted by atomic mass is 16.3. The summed E-state index contributed by atoms with van der Waals surface area (Å²) < 4.78 is 7.26. The molecule has 1 aromatic carbocycles. The van der Waals surface area contributed by atoms with Crippen molar-refractivity contribution in [1.82, 2.24) is 14.4 Å². The van der Waals surface area contributed by atoms with Gasteiger partial charge in [-0.2, -0.15) is 0 Å². The van der Waals surface area contributed by atoms with Gasteiger partial charge in [0.15, 0.2) is 0 Å². The molecule has 0 aliphatic carbocycles. The van der Waals surface area contributed by atoms with E-state index in [1.807, 2.05) is 66.2 Å². The quantitative estimate of drug-likeness (QED) is 0.569. The number of benzene rings is 1. The lowest BCUT2D eigenvalue weighted by Crippen LogP contribution is -2.07. The highest BCUT2D eigenvalue weighted by Gasteiger charge is 2.05. The van der Waals surface area contributed by atoms with Crippen LogP contribution in [0, 0.1) is 6.92 Å². The number of imidazole rings is 1. The standard InChI is InChI=1S/C20H16N4O2/c1-14-3-8-17(26-14)9-10-19(25)22-16-6-4-15(5-7-16)18-13-24-12-2-11-21-20(24)23-18/h2-13H,1H3,(H,22,25). The summed E-state index contributed by atoms with van der Waals surface area (Å²) in [6.45, 7) is 1.86. The molecule has 0 saturated heterocycles. The zero-order valence-electron chi connectivity index (χ0n) is 14.1. The SMILES string of the molecule is Cc1ccc(C=CC(=O)Nc2ccc(-c3cn4cccnc4n3)cc2)o1. The summed E-state index contributed by atoms with van der Waals surface area (Å²) in [6.07, 6.45) is 8.62. The van der Waals surface area contributed by atoms with Crippen LogP contribution in [0.25, 0.3) is 23.1 Å². The Morgan fingerprint density at radius 1 is 1.19 bits per heavy atom. The lowest BCUT2D eigenvalue weighted by molar-refractivity contribution is -0.111. The summed E-state index contributed by atoms with van der Waals surface area (Å²) in [7, 11) is 0. The summed E-state index contributed by atoms with van der Waals surface area (Å²) in [5.74, 6) is 1.89. The smallest absolute Gasteiger partial charge is 0.248 e. The average molecular weight is 344 g/mol. The van der Waals surface area contributed by atoms with Crippen molar-refractivity contribution in [2.45, 2.75) is 6.92 Å². The van der Waals surface area contributed by atoms with Gasteiger partial charge in [-0.1, -0.05) is 12.1 Å². The Bertz CT molecular complexity index is 1060. The fourth-order valence-corrected chi connectivity index (χ4v) is 2.58. The summed E-state index contributed by atoms with van der Waals surface area (Å²) in [5, 5.41) is 2.82. The van der Waals surface area contributed by atoms with Crippen molar-refractivity contribution in [2.75, 3.05) is 5.32 Å². The van der Waals surface area contributed by atoms with Crippen LogP contribution in [0.1, 0.15) is 11.5 Å². The molecule has 0 atom stereocenters. The second-order valence-corrected chi connectivity index (χ2v) is 5.80. The van der Waals surface area contributed by atoms with Gasteiger partial charge in [0.25, 0.3) is 0 Å². The fraction of sp³-hybridized carbons (Fsp3) is 0.0500. The summed E-state index contributed by atoms with van der Waals surface area (Å²) in [5.41, 5.74) is 2.49. The molecule has 6 heteroatoms. The molecule has 6 nitrogen and oxygen atoms in total. The number of nitrogens with zero attached hydrogens (tertiary/aromatic N) is 3. The molecule has 3 aromatic heterocycles. The molecule has 0 aliphatic rings. The van der Waals surface area contributed by atoms with E-state index in [0.29, 0.717) is 17.2 Å². The Labute approximate surface area is 149 Å². The third-order valence-electron chi connectivity index (χ3n) is 3.84. The number of carbonyl (C=O) groups is 1. The number of rotatable bonds is 4. The van der Waals surface area contributed by atoms with Crippen LogP contribution in [0.2, 0.25) is 0 Å². The van der Waals surface area contributed by atoms with Crippen LogP contribution < -0.4 is 5.32 Å². The number of fused-ring (bicyclic) bond motifs is 1. The fourth-order valence-electron chi connectivity index (χ4n) is 2.58. The molecule has 0 saturated carbocycles. The van der Waals surface area contributed by atoms with Crippen molar-refractivity contribution in [3.63, 3.8) is 0 Å². The lowest BCUT2D eigenvalue weighted by atomic mass is 10.1. The van der Waals surface area contributed by atoms with E-state index in [2.05, 4.69) is 15.3 Å². The zero-order chi connectivity index (χ0) is 17.9. The molecule has 0 fully saturated rings. The minimum Gasteiger partial charge on any atom is -0.462 e. The molecule has 0 unspecified atom stereocenters. The molecule has 3 heterocycles. The topological polar surface area (TPSA) is 72.4 Å². The third-order valence-corrected chi connectivity index (χ3v) is 3.84. The van der Waals surface area contributed by atoms with E-state index in [9.17, 15) is 4.79 Å². The van der Waals surface area contributed by atoms with Crippen molar-refractivity contribution in [2.24, 2.45) is 0 Å². The number of hydrogen-bond acceptors (Lipinski definition) is 4. The van der Waals surface area contributed by atoms with Gasteiger partial charge >= 0.3 is 0 Å². The van der Waals surface area contributed by atoms with Gasteiger partial charge in [0.05, 0.1) is 5.69 Å². The largest absolute Gasteiger partial charge is 0.462 e. The molecule has 26 heavy (non-hydrogen) atoms.